The minimum absolute atomic E-state index is 0.251. The summed E-state index contributed by atoms with van der Waals surface area (Å²) in [6, 6.07) is 1.20. The topological polar surface area (TPSA) is 105 Å². The maximum Gasteiger partial charge on any atom is 0.242 e. The molecule has 0 bridgehead atoms. The zero-order valence-electron chi connectivity index (χ0n) is 12.3. The minimum atomic E-state index is -3.60. The van der Waals surface area contributed by atoms with Gasteiger partial charge in [-0.2, -0.15) is 5.10 Å². The second kappa shape index (κ2) is 6.37. The fraction of sp³-hybridized carbons (Fsp3) is 0.500. The number of aromatic amines is 1. The Morgan fingerprint density at radius 2 is 2.24 bits per heavy atom. The summed E-state index contributed by atoms with van der Waals surface area (Å²) >= 11 is 0. The molecule has 2 rings (SSSR count). The van der Waals surface area contributed by atoms with Gasteiger partial charge in [-0.1, -0.05) is 0 Å². The molecule has 1 unspecified atom stereocenters. The van der Waals surface area contributed by atoms with E-state index in [1.807, 2.05) is 18.5 Å². The Balaban J connectivity index is 2.23. The van der Waals surface area contributed by atoms with Crippen LogP contribution in [0.4, 0.5) is 0 Å². The molecule has 116 valence electrons. The second-order valence-electron chi connectivity index (χ2n) is 4.70. The number of rotatable bonds is 7. The van der Waals surface area contributed by atoms with Gasteiger partial charge in [0.1, 0.15) is 12.2 Å². The summed E-state index contributed by atoms with van der Waals surface area (Å²) in [6.07, 6.45) is 2.99. The lowest BCUT2D eigenvalue weighted by molar-refractivity contribution is 0.560. The lowest BCUT2D eigenvalue weighted by Gasteiger charge is -2.10. The maximum atomic E-state index is 12.4. The van der Waals surface area contributed by atoms with Crippen molar-refractivity contribution in [3.8, 4) is 0 Å². The van der Waals surface area contributed by atoms with E-state index in [0.29, 0.717) is 18.9 Å². The Hall–Kier alpha value is -1.71. The van der Waals surface area contributed by atoms with E-state index in [-0.39, 0.29) is 4.90 Å². The van der Waals surface area contributed by atoms with Gasteiger partial charge in [0.05, 0.1) is 10.9 Å². The van der Waals surface area contributed by atoms with Crippen LogP contribution in [0.3, 0.4) is 0 Å². The highest BCUT2D eigenvalue weighted by Gasteiger charge is 2.22. The summed E-state index contributed by atoms with van der Waals surface area (Å²) in [6.45, 7) is 5.01. The van der Waals surface area contributed by atoms with E-state index in [1.165, 1.54) is 6.33 Å². The Morgan fingerprint density at radius 3 is 2.81 bits per heavy atom. The van der Waals surface area contributed by atoms with Gasteiger partial charge in [0.2, 0.25) is 10.0 Å². The summed E-state index contributed by atoms with van der Waals surface area (Å²) in [7, 11) is -1.78. The minimum Gasteiger partial charge on any atom is -0.349 e. The number of nitrogens with one attached hydrogen (secondary N) is 3. The Labute approximate surface area is 124 Å². The van der Waals surface area contributed by atoms with Crippen LogP contribution in [0, 0.1) is 0 Å². The Bertz CT molecular complexity index is 677. The number of hydrogen-bond acceptors (Lipinski definition) is 5. The lowest BCUT2D eigenvalue weighted by atomic mass is 10.3. The summed E-state index contributed by atoms with van der Waals surface area (Å²) in [5, 5.41) is 9.40. The third kappa shape index (κ3) is 3.49. The third-order valence-corrected chi connectivity index (χ3v) is 4.65. The quantitative estimate of drug-likeness (QED) is 0.686. The van der Waals surface area contributed by atoms with Crippen molar-refractivity contribution in [3.05, 3.63) is 30.1 Å². The molecule has 3 N–H and O–H groups in total. The molecule has 0 saturated carbocycles. The number of sulfonamides is 1. The average molecular weight is 312 g/mol. The predicted molar refractivity (Wildman–Crippen MR) is 78.0 cm³/mol. The Morgan fingerprint density at radius 1 is 1.48 bits per heavy atom. The molecule has 0 radical (unpaired) electrons. The number of hydrogen-bond donors (Lipinski definition) is 3. The van der Waals surface area contributed by atoms with Crippen LogP contribution >= 0.6 is 0 Å². The molecule has 9 heteroatoms. The fourth-order valence-electron chi connectivity index (χ4n) is 2.08. The van der Waals surface area contributed by atoms with Gasteiger partial charge in [-0.15, -0.1) is 0 Å². The number of aromatic nitrogens is 4. The van der Waals surface area contributed by atoms with Crippen LogP contribution in [0.5, 0.6) is 0 Å². The largest absolute Gasteiger partial charge is 0.349 e. The van der Waals surface area contributed by atoms with E-state index < -0.39 is 16.1 Å². The molecule has 0 fully saturated rings. The molecule has 2 aromatic rings. The summed E-state index contributed by atoms with van der Waals surface area (Å²) < 4.78 is 29.3. The summed E-state index contributed by atoms with van der Waals surface area (Å²) in [5.41, 5.74) is 0.924. The van der Waals surface area contributed by atoms with Gasteiger partial charge in [-0.3, -0.25) is 5.10 Å². The van der Waals surface area contributed by atoms with E-state index in [2.05, 4.69) is 25.2 Å². The van der Waals surface area contributed by atoms with Gasteiger partial charge in [-0.25, -0.2) is 18.1 Å². The Kier molecular flexibility index (Phi) is 4.76. The molecule has 0 amide bonds. The molecule has 1 atom stereocenters. The van der Waals surface area contributed by atoms with Gasteiger partial charge in [0, 0.05) is 25.0 Å². The van der Waals surface area contributed by atoms with Crippen LogP contribution in [-0.4, -0.2) is 35.2 Å². The first-order valence-electron chi connectivity index (χ1n) is 6.69. The highest BCUT2D eigenvalue weighted by molar-refractivity contribution is 7.89. The number of aryl methyl sites for hydroxylation is 1. The van der Waals surface area contributed by atoms with Crippen molar-refractivity contribution in [3.63, 3.8) is 0 Å². The zero-order valence-corrected chi connectivity index (χ0v) is 13.1. The highest BCUT2D eigenvalue weighted by atomic mass is 32.2. The molecular weight excluding hydrogens is 292 g/mol. The standard InChI is InChI=1S/C12H20N6O2S/c1-4-18-7-11(5-10(18)6-13-3)21(19,20)17-9(2)12-14-8-15-16-12/h5,7-9,13,17H,4,6H2,1-3H3,(H,14,15,16). The third-order valence-electron chi connectivity index (χ3n) is 3.15. The van der Waals surface area contributed by atoms with Gasteiger partial charge < -0.3 is 9.88 Å². The van der Waals surface area contributed by atoms with Gasteiger partial charge in [0.15, 0.2) is 0 Å². The van der Waals surface area contributed by atoms with Crippen LogP contribution < -0.4 is 10.0 Å². The van der Waals surface area contributed by atoms with Crippen LogP contribution in [-0.2, 0) is 23.1 Å². The van der Waals surface area contributed by atoms with Gasteiger partial charge in [0.25, 0.3) is 0 Å². The van der Waals surface area contributed by atoms with E-state index >= 15 is 0 Å². The van der Waals surface area contributed by atoms with Crippen molar-refractivity contribution in [1.82, 2.24) is 29.8 Å². The fourth-order valence-corrected chi connectivity index (χ4v) is 3.35. The molecule has 0 aliphatic carbocycles. The normalized spacial score (nSPS) is 13.5. The van der Waals surface area contributed by atoms with Crippen LogP contribution in [0.1, 0.15) is 31.4 Å². The predicted octanol–water partition coefficient (Wildman–Crippen LogP) is 0.385. The first kappa shape index (κ1) is 15.7. The van der Waals surface area contributed by atoms with Crippen LogP contribution in [0.15, 0.2) is 23.5 Å². The molecule has 2 aromatic heterocycles. The van der Waals surface area contributed by atoms with E-state index in [0.717, 1.165) is 5.69 Å². The van der Waals surface area contributed by atoms with Crippen molar-refractivity contribution in [2.45, 2.75) is 37.9 Å². The van der Waals surface area contributed by atoms with E-state index in [9.17, 15) is 8.42 Å². The molecular formula is C12H20N6O2S. The van der Waals surface area contributed by atoms with E-state index in [1.54, 1.807) is 19.2 Å². The molecule has 0 aliphatic rings. The molecule has 0 saturated heterocycles. The van der Waals surface area contributed by atoms with Crippen molar-refractivity contribution >= 4 is 10.0 Å². The molecule has 0 spiro atoms. The zero-order chi connectivity index (χ0) is 15.5. The molecule has 8 nitrogen and oxygen atoms in total. The maximum absolute atomic E-state index is 12.4. The highest BCUT2D eigenvalue weighted by Crippen LogP contribution is 2.17. The molecule has 21 heavy (non-hydrogen) atoms. The number of nitrogens with zero attached hydrogens (tertiary/aromatic N) is 3. The molecule has 0 aliphatic heterocycles. The van der Waals surface area contributed by atoms with Gasteiger partial charge >= 0.3 is 0 Å². The second-order valence-corrected chi connectivity index (χ2v) is 6.41. The molecule has 2 heterocycles. The van der Waals surface area contributed by atoms with Crippen molar-refractivity contribution in [2.24, 2.45) is 0 Å². The van der Waals surface area contributed by atoms with E-state index in [4.69, 9.17) is 0 Å². The monoisotopic (exact) mass is 312 g/mol. The number of H-pyrrole nitrogens is 1. The first-order valence-corrected chi connectivity index (χ1v) is 8.17. The molecule has 0 aromatic carbocycles. The van der Waals surface area contributed by atoms with Gasteiger partial charge in [-0.05, 0) is 27.0 Å². The van der Waals surface area contributed by atoms with Crippen molar-refractivity contribution < 1.29 is 8.42 Å². The van der Waals surface area contributed by atoms with Crippen LogP contribution in [0.2, 0.25) is 0 Å². The lowest BCUT2D eigenvalue weighted by Crippen LogP contribution is -2.27. The van der Waals surface area contributed by atoms with Crippen molar-refractivity contribution in [2.75, 3.05) is 7.05 Å². The SMILES string of the molecule is CCn1cc(S(=O)(=O)NC(C)c2ncn[nH]2)cc1CNC. The van der Waals surface area contributed by atoms with Crippen molar-refractivity contribution in [1.29, 1.82) is 0 Å². The van der Waals surface area contributed by atoms with Crippen LogP contribution in [0.25, 0.3) is 0 Å². The summed E-state index contributed by atoms with van der Waals surface area (Å²) in [4.78, 5) is 4.20. The summed E-state index contributed by atoms with van der Waals surface area (Å²) in [5.74, 6) is 0.476. The smallest absolute Gasteiger partial charge is 0.242 e. The average Bonchev–Trinajstić information content (AvgIpc) is 3.08. The first-order chi connectivity index (χ1) is 9.97.